The van der Waals surface area contributed by atoms with Gasteiger partial charge in [0.2, 0.25) is 0 Å². The number of carbonyl (C=O) groups excluding carboxylic acids is 2. The summed E-state index contributed by atoms with van der Waals surface area (Å²) in [4.78, 5) is 46.7. The molecule has 0 bridgehead atoms. The van der Waals surface area contributed by atoms with E-state index in [2.05, 4.69) is 15.0 Å². The predicted octanol–water partition coefficient (Wildman–Crippen LogP) is 5.34. The number of fused-ring (bicyclic) bond motifs is 2. The molecule has 8 rings (SSSR count). The van der Waals surface area contributed by atoms with Crippen LogP contribution in [0.5, 0.6) is 5.75 Å². The summed E-state index contributed by atoms with van der Waals surface area (Å²) in [7, 11) is 0. The van der Waals surface area contributed by atoms with Crippen LogP contribution in [0, 0.1) is 11.7 Å². The van der Waals surface area contributed by atoms with Gasteiger partial charge in [0, 0.05) is 36.9 Å². The number of anilines is 1. The number of pyridine rings is 2. The standard InChI is InChI=1S/C35H32ClFN8O4/c1-3-48-34(2)33(47)44(18-28-40-14-21(36)15-41-28)25-8-6-20(13-26(25)49-34)29-23-17-42-45(35(10-11-35)27-9-7-22(37)16-39-27)32(23)43-24(12-19-4-5-19)30(29)31(38)46/h6-9,13-17,19H,3-5,10-12,18H2,1-2H3,(H2,38,46)/t34-/m0/s1. The summed E-state index contributed by atoms with van der Waals surface area (Å²) in [6.45, 7) is 3.60. The number of hydrogen-bond acceptors (Lipinski definition) is 9. The van der Waals surface area contributed by atoms with Crippen LogP contribution in [0.3, 0.4) is 0 Å². The molecular formula is C35H32ClFN8O4. The van der Waals surface area contributed by atoms with Crippen molar-refractivity contribution in [3.05, 3.63) is 88.7 Å². The number of rotatable bonds is 10. The molecule has 49 heavy (non-hydrogen) atoms. The van der Waals surface area contributed by atoms with Gasteiger partial charge < -0.3 is 15.2 Å². The number of primary amides is 1. The molecule has 250 valence electrons. The largest absolute Gasteiger partial charge is 0.451 e. The predicted molar refractivity (Wildman–Crippen MR) is 177 cm³/mol. The molecule has 1 aliphatic heterocycles. The Bertz CT molecular complexity index is 2130. The molecule has 0 saturated heterocycles. The van der Waals surface area contributed by atoms with Gasteiger partial charge in [0.05, 0.1) is 46.6 Å². The normalized spacial score (nSPS) is 19.5. The third-order valence-corrected chi connectivity index (χ3v) is 9.62. The molecule has 2 N–H and O–H groups in total. The Labute approximate surface area is 285 Å². The number of aromatic nitrogens is 6. The SMILES string of the molecule is CCO[C@@]1(C)Oc2cc(-c3c(C(N)=O)c(CC4CC4)nc4c3cnn4C3(c4ccc(F)cn4)CC3)ccc2N(Cc2ncc(Cl)cn2)C1=O. The van der Waals surface area contributed by atoms with Crippen LogP contribution in [-0.4, -0.2) is 53.9 Å². The maximum atomic E-state index is 13.8. The lowest BCUT2D eigenvalue weighted by atomic mass is 9.93. The molecule has 5 aromatic rings. The molecular weight excluding hydrogens is 651 g/mol. The van der Waals surface area contributed by atoms with Crippen molar-refractivity contribution >= 4 is 40.1 Å². The summed E-state index contributed by atoms with van der Waals surface area (Å²) in [6, 6.07) is 8.44. The van der Waals surface area contributed by atoms with Crippen molar-refractivity contribution in [1.29, 1.82) is 0 Å². The maximum absolute atomic E-state index is 13.8. The minimum atomic E-state index is -1.64. The van der Waals surface area contributed by atoms with Crippen LogP contribution in [0.4, 0.5) is 10.1 Å². The number of nitrogens with two attached hydrogens (primary N) is 1. The minimum Gasteiger partial charge on any atom is -0.451 e. The summed E-state index contributed by atoms with van der Waals surface area (Å²) in [5.74, 6) is -1.96. The number of ether oxygens (including phenoxy) is 2. The number of nitrogens with zero attached hydrogens (tertiary/aromatic N) is 7. The van der Waals surface area contributed by atoms with E-state index in [-0.39, 0.29) is 13.2 Å². The van der Waals surface area contributed by atoms with Gasteiger partial charge in [0.25, 0.3) is 17.6 Å². The van der Waals surface area contributed by atoms with E-state index in [9.17, 15) is 14.0 Å². The first kappa shape index (κ1) is 31.3. The Morgan fingerprint density at radius 3 is 2.55 bits per heavy atom. The zero-order chi connectivity index (χ0) is 34.1. The Kier molecular flexibility index (Phi) is 7.37. The molecule has 2 saturated carbocycles. The molecule has 3 aliphatic rings. The number of halogens is 2. The van der Waals surface area contributed by atoms with E-state index in [0.29, 0.717) is 73.7 Å². The highest BCUT2D eigenvalue weighted by Crippen LogP contribution is 2.51. The monoisotopic (exact) mass is 682 g/mol. The lowest BCUT2D eigenvalue weighted by molar-refractivity contribution is -0.187. The second kappa shape index (κ2) is 11.6. The first-order chi connectivity index (χ1) is 23.6. The van der Waals surface area contributed by atoms with Crippen LogP contribution in [0.2, 0.25) is 5.02 Å². The number of benzene rings is 1. The third kappa shape index (κ3) is 5.37. The first-order valence-electron chi connectivity index (χ1n) is 16.2. The van der Waals surface area contributed by atoms with Gasteiger partial charge in [-0.15, -0.1) is 0 Å². The fourth-order valence-electron chi connectivity index (χ4n) is 6.72. The average Bonchev–Trinajstić information content (AvgIpc) is 4.02. The van der Waals surface area contributed by atoms with Crippen molar-refractivity contribution in [3.8, 4) is 16.9 Å². The molecule has 12 nitrogen and oxygen atoms in total. The smallest absolute Gasteiger partial charge is 0.300 e. The Morgan fingerprint density at radius 2 is 1.90 bits per heavy atom. The van der Waals surface area contributed by atoms with Crippen molar-refractivity contribution in [3.63, 3.8) is 0 Å². The Balaban J connectivity index is 1.30. The van der Waals surface area contributed by atoms with Gasteiger partial charge >= 0.3 is 0 Å². The van der Waals surface area contributed by atoms with Crippen LogP contribution >= 0.6 is 11.6 Å². The quantitative estimate of drug-likeness (QED) is 0.206. The minimum absolute atomic E-state index is 0.0399. The summed E-state index contributed by atoms with van der Waals surface area (Å²) < 4.78 is 27.8. The lowest BCUT2D eigenvalue weighted by Crippen LogP contribution is -2.55. The third-order valence-electron chi connectivity index (χ3n) is 9.42. The Hall–Kier alpha value is -5.01. The summed E-state index contributed by atoms with van der Waals surface area (Å²) >= 11 is 6.01. The van der Waals surface area contributed by atoms with Crippen molar-refractivity contribution < 1.29 is 23.5 Å². The van der Waals surface area contributed by atoms with Gasteiger partial charge in [-0.25, -0.2) is 24.0 Å². The van der Waals surface area contributed by atoms with Crippen molar-refractivity contribution in [2.45, 2.75) is 63.8 Å². The molecule has 0 unspecified atom stereocenters. The lowest BCUT2D eigenvalue weighted by Gasteiger charge is -2.40. The molecule has 2 amide bonds. The highest BCUT2D eigenvalue weighted by atomic mass is 35.5. The van der Waals surface area contributed by atoms with Crippen LogP contribution in [0.25, 0.3) is 22.2 Å². The molecule has 2 aliphatic carbocycles. The summed E-state index contributed by atoms with van der Waals surface area (Å²) in [6.07, 6.45) is 10.0. The zero-order valence-corrected chi connectivity index (χ0v) is 27.6. The van der Waals surface area contributed by atoms with Gasteiger partial charge in [-0.2, -0.15) is 5.10 Å². The van der Waals surface area contributed by atoms with Gasteiger partial charge in [-0.1, -0.05) is 17.7 Å². The van der Waals surface area contributed by atoms with E-state index in [1.807, 2.05) is 10.7 Å². The van der Waals surface area contributed by atoms with E-state index in [1.54, 1.807) is 38.2 Å². The Morgan fingerprint density at radius 1 is 1.12 bits per heavy atom. The fourth-order valence-corrected chi connectivity index (χ4v) is 6.82. The fraction of sp³-hybridized carbons (Fsp3) is 0.343. The van der Waals surface area contributed by atoms with Crippen molar-refractivity contribution in [1.82, 2.24) is 29.7 Å². The highest BCUT2D eigenvalue weighted by Gasteiger charge is 2.50. The van der Waals surface area contributed by atoms with Crippen molar-refractivity contribution in [2.75, 3.05) is 11.5 Å². The molecule has 2 fully saturated rings. The van der Waals surface area contributed by atoms with E-state index < -0.39 is 29.0 Å². The first-order valence-corrected chi connectivity index (χ1v) is 16.6. The molecule has 4 aromatic heterocycles. The van der Waals surface area contributed by atoms with E-state index in [4.69, 9.17) is 36.9 Å². The van der Waals surface area contributed by atoms with Gasteiger partial charge in [0.15, 0.2) is 5.65 Å². The molecule has 14 heteroatoms. The average molecular weight is 683 g/mol. The second-order valence-corrected chi connectivity index (χ2v) is 13.3. The molecule has 1 aromatic carbocycles. The van der Waals surface area contributed by atoms with Crippen LogP contribution in [0.1, 0.15) is 67.1 Å². The number of hydrogen-bond donors (Lipinski definition) is 1. The van der Waals surface area contributed by atoms with E-state index >= 15 is 0 Å². The second-order valence-electron chi connectivity index (χ2n) is 12.9. The number of carbonyl (C=O) groups is 2. The van der Waals surface area contributed by atoms with Crippen LogP contribution in [-0.2, 0) is 28.0 Å². The zero-order valence-electron chi connectivity index (χ0n) is 26.8. The summed E-state index contributed by atoms with van der Waals surface area (Å²) in [5, 5.41) is 5.80. The molecule has 1 atom stereocenters. The maximum Gasteiger partial charge on any atom is 0.300 e. The van der Waals surface area contributed by atoms with E-state index in [0.717, 1.165) is 25.7 Å². The van der Waals surface area contributed by atoms with Crippen LogP contribution < -0.4 is 15.4 Å². The van der Waals surface area contributed by atoms with Gasteiger partial charge in [-0.05, 0) is 74.8 Å². The van der Waals surface area contributed by atoms with Crippen molar-refractivity contribution in [2.24, 2.45) is 11.7 Å². The summed E-state index contributed by atoms with van der Waals surface area (Å²) in [5.41, 5.74) is 9.38. The molecule has 0 radical (unpaired) electrons. The molecule has 5 heterocycles. The van der Waals surface area contributed by atoms with Crippen LogP contribution in [0.15, 0.2) is 55.1 Å². The number of amides is 2. The topological polar surface area (TPSA) is 151 Å². The molecule has 0 spiro atoms. The van der Waals surface area contributed by atoms with Gasteiger partial charge in [-0.3, -0.25) is 19.5 Å². The van der Waals surface area contributed by atoms with E-state index in [1.165, 1.54) is 29.6 Å². The van der Waals surface area contributed by atoms with Gasteiger partial charge in [0.1, 0.15) is 22.9 Å². The highest BCUT2D eigenvalue weighted by molar-refractivity contribution is 6.30.